The topological polar surface area (TPSA) is 113 Å². The second kappa shape index (κ2) is 9.43. The number of ether oxygens (including phenoxy) is 1. The fraction of sp³-hybridized carbons (Fsp3) is 0.360. The summed E-state index contributed by atoms with van der Waals surface area (Å²) in [6.07, 6.45) is 7.95. The van der Waals surface area contributed by atoms with Crippen molar-refractivity contribution < 1.29 is 14.6 Å². The minimum absolute atomic E-state index is 0.0583. The van der Waals surface area contributed by atoms with Gasteiger partial charge >= 0.3 is 0 Å². The summed E-state index contributed by atoms with van der Waals surface area (Å²) in [7, 11) is 1.67. The van der Waals surface area contributed by atoms with Crippen molar-refractivity contribution >= 4 is 5.91 Å². The largest absolute Gasteiger partial charge is 0.493 e. The number of carbonyl (C=O) groups is 1. The number of aryl methyl sites for hydroxylation is 1. The lowest BCUT2D eigenvalue weighted by Gasteiger charge is -2.30. The Hall–Kier alpha value is -3.70. The van der Waals surface area contributed by atoms with E-state index >= 15 is 0 Å². The number of aromatic nitrogens is 3. The molecule has 1 aromatic carbocycles. The van der Waals surface area contributed by atoms with Gasteiger partial charge in [0.15, 0.2) is 5.82 Å². The quantitative estimate of drug-likeness (QED) is 0.570. The van der Waals surface area contributed by atoms with Crippen LogP contribution in [0.15, 0.2) is 42.7 Å². The summed E-state index contributed by atoms with van der Waals surface area (Å²) in [5.41, 5.74) is 2.98. The first kappa shape index (κ1) is 22.5. The molecule has 1 amide bonds. The van der Waals surface area contributed by atoms with E-state index in [0.29, 0.717) is 29.1 Å². The number of benzene rings is 1. The maximum Gasteiger partial charge on any atom is 0.253 e. The molecule has 0 unspecified atom stereocenters. The summed E-state index contributed by atoms with van der Waals surface area (Å²) in [6.45, 7) is 2.49. The molecule has 2 heterocycles. The minimum atomic E-state index is -0.222. The number of hydrogen-bond donors (Lipinski definition) is 2. The fourth-order valence-corrected chi connectivity index (χ4v) is 4.48. The van der Waals surface area contributed by atoms with Crippen molar-refractivity contribution in [3.63, 3.8) is 0 Å². The Kier molecular flexibility index (Phi) is 6.43. The first-order valence-corrected chi connectivity index (χ1v) is 11.0. The number of pyridine rings is 1. The smallest absolute Gasteiger partial charge is 0.253 e. The normalized spacial score (nSPS) is 14.7. The van der Waals surface area contributed by atoms with Gasteiger partial charge in [0.05, 0.1) is 29.0 Å². The maximum atomic E-state index is 12.9. The number of amides is 1. The van der Waals surface area contributed by atoms with E-state index in [4.69, 9.17) is 10.00 Å². The molecule has 1 aliphatic carbocycles. The lowest BCUT2D eigenvalue weighted by atomic mass is 9.93. The SMILES string of the molecule is COCCC1(NC(=O)c2ccc(-n3ncc(-c4ccc(C#N)cc4C)c3O)nc2)CCCC1. The van der Waals surface area contributed by atoms with Crippen LogP contribution in [0.3, 0.4) is 0 Å². The Morgan fingerprint density at radius 2 is 2.03 bits per heavy atom. The van der Waals surface area contributed by atoms with E-state index in [1.165, 1.54) is 10.9 Å². The van der Waals surface area contributed by atoms with Crippen molar-refractivity contribution in [1.82, 2.24) is 20.1 Å². The van der Waals surface area contributed by atoms with Gasteiger partial charge in [-0.25, -0.2) is 4.98 Å². The number of hydrogen-bond acceptors (Lipinski definition) is 6. The van der Waals surface area contributed by atoms with Gasteiger partial charge in [0.25, 0.3) is 5.91 Å². The highest BCUT2D eigenvalue weighted by atomic mass is 16.5. The molecule has 0 aliphatic heterocycles. The molecule has 0 radical (unpaired) electrons. The number of aromatic hydroxyl groups is 1. The lowest BCUT2D eigenvalue weighted by Crippen LogP contribution is -2.47. The van der Waals surface area contributed by atoms with Gasteiger partial charge in [-0.3, -0.25) is 4.79 Å². The summed E-state index contributed by atoms with van der Waals surface area (Å²) in [6, 6.07) is 10.7. The summed E-state index contributed by atoms with van der Waals surface area (Å²) < 4.78 is 6.56. The molecule has 1 aliphatic rings. The van der Waals surface area contributed by atoms with Gasteiger partial charge < -0.3 is 15.2 Å². The summed E-state index contributed by atoms with van der Waals surface area (Å²) >= 11 is 0. The van der Waals surface area contributed by atoms with Gasteiger partial charge in [-0.2, -0.15) is 15.0 Å². The van der Waals surface area contributed by atoms with Crippen LogP contribution in [0.4, 0.5) is 0 Å². The Balaban J connectivity index is 1.53. The van der Waals surface area contributed by atoms with Crippen molar-refractivity contribution in [2.75, 3.05) is 13.7 Å². The molecule has 170 valence electrons. The van der Waals surface area contributed by atoms with E-state index < -0.39 is 0 Å². The molecule has 2 N–H and O–H groups in total. The van der Waals surface area contributed by atoms with E-state index in [1.807, 2.05) is 6.92 Å². The highest BCUT2D eigenvalue weighted by molar-refractivity contribution is 5.94. The molecule has 0 bridgehead atoms. The van der Waals surface area contributed by atoms with Crippen molar-refractivity contribution in [2.45, 2.75) is 44.6 Å². The van der Waals surface area contributed by atoms with Crippen LogP contribution in [0.1, 0.15) is 53.6 Å². The predicted molar refractivity (Wildman–Crippen MR) is 123 cm³/mol. The molecule has 8 nitrogen and oxygen atoms in total. The Bertz CT molecular complexity index is 1190. The van der Waals surface area contributed by atoms with Crippen LogP contribution >= 0.6 is 0 Å². The standard InChI is InChI=1S/C25H27N5O3/c1-17-13-18(14-26)5-7-20(17)21-16-28-30(24(21)32)22-8-6-19(15-27-22)23(31)29-25(11-12-33-2)9-3-4-10-25/h5-8,13,15-16,32H,3-4,9-12H2,1-2H3,(H,29,31). The molecule has 0 atom stereocenters. The van der Waals surface area contributed by atoms with Crippen LogP contribution in [-0.2, 0) is 4.74 Å². The summed E-state index contributed by atoms with van der Waals surface area (Å²) in [5, 5.41) is 27.3. The molecule has 1 saturated carbocycles. The van der Waals surface area contributed by atoms with E-state index in [9.17, 15) is 9.90 Å². The lowest BCUT2D eigenvalue weighted by molar-refractivity contribution is 0.0865. The summed E-state index contributed by atoms with van der Waals surface area (Å²) in [5.74, 6) is 0.180. The second-order valence-corrected chi connectivity index (χ2v) is 8.52. The minimum Gasteiger partial charge on any atom is -0.493 e. The number of nitriles is 1. The van der Waals surface area contributed by atoms with E-state index in [1.54, 1.807) is 43.6 Å². The van der Waals surface area contributed by atoms with Crippen molar-refractivity contribution in [1.29, 1.82) is 5.26 Å². The zero-order valence-electron chi connectivity index (χ0n) is 18.8. The van der Waals surface area contributed by atoms with Crippen LogP contribution in [0, 0.1) is 18.3 Å². The molecule has 0 saturated heterocycles. The van der Waals surface area contributed by atoms with Gasteiger partial charge in [0.1, 0.15) is 0 Å². The molecule has 0 spiro atoms. The molecule has 2 aromatic heterocycles. The Morgan fingerprint density at radius 1 is 1.24 bits per heavy atom. The van der Waals surface area contributed by atoms with Crippen LogP contribution < -0.4 is 5.32 Å². The number of rotatable bonds is 7. The van der Waals surface area contributed by atoms with Crippen LogP contribution in [0.2, 0.25) is 0 Å². The second-order valence-electron chi connectivity index (χ2n) is 8.52. The monoisotopic (exact) mass is 445 g/mol. The van der Waals surface area contributed by atoms with Gasteiger partial charge in [0, 0.05) is 25.5 Å². The first-order chi connectivity index (χ1) is 16.0. The number of nitrogens with zero attached hydrogens (tertiary/aromatic N) is 4. The molecular formula is C25H27N5O3. The van der Waals surface area contributed by atoms with E-state index in [0.717, 1.165) is 43.2 Å². The predicted octanol–water partition coefficient (Wildman–Crippen LogP) is 3.90. The Labute approximate surface area is 192 Å². The molecule has 4 rings (SSSR count). The van der Waals surface area contributed by atoms with Crippen LogP contribution in [0.25, 0.3) is 16.9 Å². The van der Waals surface area contributed by atoms with Gasteiger partial charge in [-0.15, -0.1) is 0 Å². The average molecular weight is 446 g/mol. The third-order valence-electron chi connectivity index (χ3n) is 6.34. The van der Waals surface area contributed by atoms with Crippen molar-refractivity contribution in [2.24, 2.45) is 0 Å². The van der Waals surface area contributed by atoms with E-state index in [2.05, 4.69) is 21.5 Å². The highest BCUT2D eigenvalue weighted by Crippen LogP contribution is 2.34. The molecule has 3 aromatic rings. The van der Waals surface area contributed by atoms with Crippen LogP contribution in [-0.4, -0.2) is 45.0 Å². The van der Waals surface area contributed by atoms with Crippen LogP contribution in [0.5, 0.6) is 5.88 Å². The molecule has 33 heavy (non-hydrogen) atoms. The maximum absolute atomic E-state index is 12.9. The van der Waals surface area contributed by atoms with E-state index in [-0.39, 0.29) is 17.3 Å². The Morgan fingerprint density at radius 3 is 2.67 bits per heavy atom. The number of carbonyl (C=O) groups excluding carboxylic acids is 1. The molecule has 1 fully saturated rings. The third kappa shape index (κ3) is 4.59. The van der Waals surface area contributed by atoms with Crippen molar-refractivity contribution in [3.8, 4) is 28.9 Å². The molecule has 8 heteroatoms. The zero-order valence-corrected chi connectivity index (χ0v) is 18.8. The highest BCUT2D eigenvalue weighted by Gasteiger charge is 2.35. The number of nitrogens with one attached hydrogen (secondary N) is 1. The molecular weight excluding hydrogens is 418 g/mol. The third-order valence-corrected chi connectivity index (χ3v) is 6.34. The number of methoxy groups -OCH3 is 1. The first-order valence-electron chi connectivity index (χ1n) is 11.0. The fourth-order valence-electron chi connectivity index (χ4n) is 4.48. The van der Waals surface area contributed by atoms with Gasteiger partial charge in [-0.05, 0) is 61.6 Å². The summed E-state index contributed by atoms with van der Waals surface area (Å²) in [4.78, 5) is 17.2. The zero-order chi connectivity index (χ0) is 23.4. The van der Waals surface area contributed by atoms with Gasteiger partial charge in [-0.1, -0.05) is 18.9 Å². The van der Waals surface area contributed by atoms with Gasteiger partial charge in [0.2, 0.25) is 5.88 Å². The average Bonchev–Trinajstić information content (AvgIpc) is 3.44. The van der Waals surface area contributed by atoms with Crippen molar-refractivity contribution in [3.05, 3.63) is 59.4 Å².